The predicted octanol–water partition coefficient (Wildman–Crippen LogP) is 4.93. The molecule has 2 rings (SSSR count). The van der Waals surface area contributed by atoms with Gasteiger partial charge >= 0.3 is 0 Å². The first-order valence-corrected chi connectivity index (χ1v) is 7.27. The number of aryl methyl sites for hydroxylation is 1. The van der Waals surface area contributed by atoms with Crippen LogP contribution in [0, 0.1) is 0 Å². The average molecular weight is 245 g/mol. The van der Waals surface area contributed by atoms with Crippen molar-refractivity contribution < 1.29 is 0 Å². The summed E-state index contributed by atoms with van der Waals surface area (Å²) in [4.78, 5) is 5.94. The number of nitrogens with zero attached hydrogens (tertiary/aromatic N) is 1. The van der Waals surface area contributed by atoms with Crippen LogP contribution in [0.2, 0.25) is 0 Å². The van der Waals surface area contributed by atoms with Gasteiger partial charge < -0.3 is 0 Å². The van der Waals surface area contributed by atoms with Crippen LogP contribution < -0.4 is 0 Å². The van der Waals surface area contributed by atoms with E-state index in [4.69, 9.17) is 0 Å². The highest BCUT2D eigenvalue weighted by molar-refractivity contribution is 7.10. The van der Waals surface area contributed by atoms with E-state index in [0.29, 0.717) is 0 Å². The third kappa shape index (κ3) is 3.40. The molecule has 0 aliphatic rings. The van der Waals surface area contributed by atoms with Crippen LogP contribution in [0.15, 0.2) is 35.8 Å². The lowest BCUT2D eigenvalue weighted by atomic mass is 10.1. The number of hydrogen-bond acceptors (Lipinski definition) is 2. The van der Waals surface area contributed by atoms with Crippen LogP contribution in [-0.2, 0) is 6.42 Å². The molecular weight excluding hydrogens is 226 g/mol. The molecule has 2 heteroatoms. The van der Waals surface area contributed by atoms with Crippen molar-refractivity contribution in [1.29, 1.82) is 0 Å². The molecule has 1 aromatic heterocycles. The highest BCUT2D eigenvalue weighted by Gasteiger charge is 2.07. The second kappa shape index (κ2) is 6.55. The molecule has 0 fully saturated rings. The summed E-state index contributed by atoms with van der Waals surface area (Å²) >= 11 is 1.79. The Morgan fingerprint density at radius 1 is 1.06 bits per heavy atom. The van der Waals surface area contributed by atoms with Crippen LogP contribution in [0.4, 0.5) is 0 Å². The van der Waals surface area contributed by atoms with E-state index in [0.717, 1.165) is 0 Å². The summed E-state index contributed by atoms with van der Waals surface area (Å²) in [6, 6.07) is 10.5. The maximum absolute atomic E-state index is 4.50. The van der Waals surface area contributed by atoms with Gasteiger partial charge in [-0.05, 0) is 12.8 Å². The molecule has 0 saturated carbocycles. The SMILES string of the molecule is CCCCCCc1scnc1-c1ccccc1. The van der Waals surface area contributed by atoms with Gasteiger partial charge in [0, 0.05) is 10.4 Å². The van der Waals surface area contributed by atoms with Gasteiger partial charge in [0.15, 0.2) is 0 Å². The zero-order valence-corrected chi connectivity index (χ0v) is 11.2. The molecule has 17 heavy (non-hydrogen) atoms. The minimum atomic E-state index is 1.18. The zero-order valence-electron chi connectivity index (χ0n) is 10.4. The summed E-state index contributed by atoms with van der Waals surface area (Å²) in [6.45, 7) is 2.25. The Morgan fingerprint density at radius 2 is 1.88 bits per heavy atom. The van der Waals surface area contributed by atoms with E-state index >= 15 is 0 Å². The first kappa shape index (κ1) is 12.3. The molecule has 1 nitrogen and oxygen atoms in total. The second-order valence-electron chi connectivity index (χ2n) is 4.30. The summed E-state index contributed by atoms with van der Waals surface area (Å²) in [5.41, 5.74) is 4.41. The van der Waals surface area contributed by atoms with Crippen LogP contribution in [0.3, 0.4) is 0 Å². The van der Waals surface area contributed by atoms with Crippen molar-refractivity contribution in [2.75, 3.05) is 0 Å². The second-order valence-corrected chi connectivity index (χ2v) is 5.24. The Kier molecular flexibility index (Phi) is 4.75. The number of rotatable bonds is 6. The molecule has 0 aliphatic heterocycles. The summed E-state index contributed by atoms with van der Waals surface area (Å²) in [6.07, 6.45) is 6.45. The molecule has 0 atom stereocenters. The van der Waals surface area contributed by atoms with Crippen LogP contribution in [0.1, 0.15) is 37.5 Å². The monoisotopic (exact) mass is 245 g/mol. The first-order valence-electron chi connectivity index (χ1n) is 6.39. The van der Waals surface area contributed by atoms with Crippen LogP contribution >= 0.6 is 11.3 Å². The molecule has 2 aromatic rings. The number of thiazole rings is 1. The minimum absolute atomic E-state index is 1.18. The summed E-state index contributed by atoms with van der Waals surface area (Å²) in [5.74, 6) is 0. The average Bonchev–Trinajstić information content (AvgIpc) is 2.84. The first-order chi connectivity index (χ1) is 8.42. The van der Waals surface area contributed by atoms with Crippen molar-refractivity contribution in [2.24, 2.45) is 0 Å². The van der Waals surface area contributed by atoms with Gasteiger partial charge in [0.25, 0.3) is 0 Å². The van der Waals surface area contributed by atoms with Crippen LogP contribution in [0.5, 0.6) is 0 Å². The molecule has 0 saturated heterocycles. The third-order valence-electron chi connectivity index (χ3n) is 2.95. The van der Waals surface area contributed by atoms with Crippen molar-refractivity contribution in [3.8, 4) is 11.3 Å². The highest BCUT2D eigenvalue weighted by atomic mass is 32.1. The molecule has 0 radical (unpaired) electrons. The van der Waals surface area contributed by atoms with E-state index in [2.05, 4.69) is 42.2 Å². The summed E-state index contributed by atoms with van der Waals surface area (Å²) in [5, 5.41) is 0. The normalized spacial score (nSPS) is 10.6. The molecular formula is C15H19NS. The maximum atomic E-state index is 4.50. The minimum Gasteiger partial charge on any atom is -0.244 e. The van der Waals surface area contributed by atoms with E-state index in [1.807, 2.05) is 5.51 Å². The number of benzene rings is 1. The van der Waals surface area contributed by atoms with Crippen molar-refractivity contribution in [2.45, 2.75) is 39.0 Å². The Balaban J connectivity index is 2.02. The summed E-state index contributed by atoms with van der Waals surface area (Å²) < 4.78 is 0. The number of unbranched alkanes of at least 4 members (excludes halogenated alkanes) is 3. The fourth-order valence-corrected chi connectivity index (χ4v) is 2.82. The smallest absolute Gasteiger partial charge is 0.0843 e. The van der Waals surface area contributed by atoms with Crippen molar-refractivity contribution in [3.63, 3.8) is 0 Å². The van der Waals surface area contributed by atoms with Crippen LogP contribution in [-0.4, -0.2) is 4.98 Å². The standard InChI is InChI=1S/C15H19NS/c1-2-3-4-8-11-14-15(16-12-17-14)13-9-6-5-7-10-13/h5-7,9-10,12H,2-4,8,11H2,1H3. The van der Waals surface area contributed by atoms with Gasteiger partial charge in [-0.25, -0.2) is 4.98 Å². The topological polar surface area (TPSA) is 12.9 Å². The maximum Gasteiger partial charge on any atom is 0.0843 e. The molecule has 0 unspecified atom stereocenters. The Hall–Kier alpha value is -1.15. The van der Waals surface area contributed by atoms with Gasteiger partial charge in [0.05, 0.1) is 11.2 Å². The lowest BCUT2D eigenvalue weighted by Gasteiger charge is -2.02. The van der Waals surface area contributed by atoms with Crippen molar-refractivity contribution in [1.82, 2.24) is 4.98 Å². The van der Waals surface area contributed by atoms with E-state index in [-0.39, 0.29) is 0 Å². The van der Waals surface area contributed by atoms with Gasteiger partial charge in [0.1, 0.15) is 0 Å². The van der Waals surface area contributed by atoms with Gasteiger partial charge in [-0.1, -0.05) is 56.5 Å². The molecule has 0 N–H and O–H groups in total. The van der Waals surface area contributed by atoms with E-state index < -0.39 is 0 Å². The Bertz CT molecular complexity index is 433. The quantitative estimate of drug-likeness (QED) is 0.657. The van der Waals surface area contributed by atoms with E-state index in [9.17, 15) is 0 Å². The lowest BCUT2D eigenvalue weighted by Crippen LogP contribution is -1.87. The van der Waals surface area contributed by atoms with Crippen molar-refractivity contribution in [3.05, 3.63) is 40.7 Å². The lowest BCUT2D eigenvalue weighted by molar-refractivity contribution is 0.670. The molecule has 0 spiro atoms. The molecule has 0 aliphatic carbocycles. The Morgan fingerprint density at radius 3 is 2.65 bits per heavy atom. The highest BCUT2D eigenvalue weighted by Crippen LogP contribution is 2.26. The van der Waals surface area contributed by atoms with E-state index in [1.165, 1.54) is 48.2 Å². The number of hydrogen-bond donors (Lipinski definition) is 0. The fraction of sp³-hybridized carbons (Fsp3) is 0.400. The number of aromatic nitrogens is 1. The Labute approximate surface area is 108 Å². The molecule has 1 aromatic carbocycles. The largest absolute Gasteiger partial charge is 0.244 e. The van der Waals surface area contributed by atoms with Gasteiger partial charge in [-0.15, -0.1) is 11.3 Å². The predicted molar refractivity (Wildman–Crippen MR) is 75.4 cm³/mol. The third-order valence-corrected chi connectivity index (χ3v) is 3.84. The van der Waals surface area contributed by atoms with E-state index in [1.54, 1.807) is 11.3 Å². The molecule has 90 valence electrons. The molecule has 1 heterocycles. The van der Waals surface area contributed by atoms with Gasteiger partial charge in [-0.2, -0.15) is 0 Å². The molecule has 0 bridgehead atoms. The van der Waals surface area contributed by atoms with Crippen LogP contribution in [0.25, 0.3) is 11.3 Å². The summed E-state index contributed by atoms with van der Waals surface area (Å²) in [7, 11) is 0. The van der Waals surface area contributed by atoms with Gasteiger partial charge in [-0.3, -0.25) is 0 Å². The van der Waals surface area contributed by atoms with Crippen molar-refractivity contribution >= 4 is 11.3 Å². The molecule has 0 amide bonds. The zero-order chi connectivity index (χ0) is 11.9. The fourth-order valence-electron chi connectivity index (χ4n) is 1.99. The van der Waals surface area contributed by atoms with Gasteiger partial charge in [0.2, 0.25) is 0 Å².